The Balaban J connectivity index is 1.90. The van der Waals surface area contributed by atoms with Crippen LogP contribution in [-0.2, 0) is 0 Å². The molecule has 2 aromatic carbocycles. The number of benzene rings is 2. The Bertz CT molecular complexity index is 885. The smallest absolute Gasteiger partial charge is 0.229 e. The first-order valence-electron chi connectivity index (χ1n) is 7.83. The van der Waals surface area contributed by atoms with Gasteiger partial charge in [0.25, 0.3) is 0 Å². The lowest BCUT2D eigenvalue weighted by molar-refractivity contribution is 0.590. The molecule has 0 amide bonds. The molecule has 0 radical (unpaired) electrons. The fourth-order valence-corrected chi connectivity index (χ4v) is 2.61. The summed E-state index contributed by atoms with van der Waals surface area (Å²) in [5, 5.41) is 5.82. The van der Waals surface area contributed by atoms with E-state index in [-0.39, 0.29) is 5.69 Å². The Kier molecular flexibility index (Phi) is 4.61. The number of anilines is 4. The summed E-state index contributed by atoms with van der Waals surface area (Å²) in [6.07, 6.45) is 0. The van der Waals surface area contributed by atoms with Gasteiger partial charge in [-0.2, -0.15) is 4.98 Å². The number of aromatic nitrogens is 2. The van der Waals surface area contributed by atoms with Crippen molar-refractivity contribution in [3.63, 3.8) is 0 Å². The standard InChI is InChI=1S/C19H18F2N4/c1-11-7-12(2)9-14(8-11)23-19-22-13(3)10-17(25-19)24-18-15(20)5-4-6-16(18)21/h4-10H,1-3H3,(H2,22,23,24,25). The number of halogens is 2. The van der Waals surface area contributed by atoms with E-state index in [2.05, 4.69) is 26.7 Å². The van der Waals surface area contributed by atoms with Crippen molar-refractivity contribution in [1.29, 1.82) is 0 Å². The average molecular weight is 340 g/mol. The lowest BCUT2D eigenvalue weighted by Gasteiger charge is -2.12. The molecular formula is C19H18F2N4. The third-order valence-electron chi connectivity index (χ3n) is 3.55. The van der Waals surface area contributed by atoms with E-state index >= 15 is 0 Å². The maximum atomic E-state index is 13.8. The van der Waals surface area contributed by atoms with Gasteiger partial charge in [-0.05, 0) is 56.2 Å². The van der Waals surface area contributed by atoms with E-state index in [9.17, 15) is 8.78 Å². The van der Waals surface area contributed by atoms with Crippen molar-refractivity contribution in [2.75, 3.05) is 10.6 Å². The second kappa shape index (κ2) is 6.84. The second-order valence-electron chi connectivity index (χ2n) is 5.94. The fraction of sp³-hybridized carbons (Fsp3) is 0.158. The molecule has 128 valence electrons. The van der Waals surface area contributed by atoms with Gasteiger partial charge in [-0.15, -0.1) is 0 Å². The van der Waals surface area contributed by atoms with Gasteiger partial charge < -0.3 is 10.6 Å². The van der Waals surface area contributed by atoms with Gasteiger partial charge in [-0.1, -0.05) is 12.1 Å². The molecule has 0 bridgehead atoms. The zero-order valence-corrected chi connectivity index (χ0v) is 14.2. The SMILES string of the molecule is Cc1cc(C)cc(Nc2nc(C)cc(Nc3c(F)cccc3F)n2)c1. The van der Waals surface area contributed by atoms with Crippen molar-refractivity contribution in [3.8, 4) is 0 Å². The van der Waals surface area contributed by atoms with Gasteiger partial charge in [-0.3, -0.25) is 0 Å². The summed E-state index contributed by atoms with van der Waals surface area (Å²) in [5.41, 5.74) is 3.51. The molecule has 4 nitrogen and oxygen atoms in total. The maximum absolute atomic E-state index is 13.8. The fourth-order valence-electron chi connectivity index (χ4n) is 2.61. The Hall–Kier alpha value is -3.02. The van der Waals surface area contributed by atoms with Crippen LogP contribution in [-0.4, -0.2) is 9.97 Å². The average Bonchev–Trinajstić information content (AvgIpc) is 2.49. The highest BCUT2D eigenvalue weighted by atomic mass is 19.1. The summed E-state index contributed by atoms with van der Waals surface area (Å²) in [4.78, 5) is 8.62. The molecule has 3 aromatic rings. The Morgan fingerprint density at radius 1 is 0.800 bits per heavy atom. The van der Waals surface area contributed by atoms with Crippen molar-refractivity contribution in [2.24, 2.45) is 0 Å². The first-order valence-corrected chi connectivity index (χ1v) is 7.83. The summed E-state index contributed by atoms with van der Waals surface area (Å²) < 4.78 is 27.6. The molecule has 0 atom stereocenters. The predicted octanol–water partition coefficient (Wildman–Crippen LogP) is 5.17. The van der Waals surface area contributed by atoms with E-state index in [1.54, 1.807) is 13.0 Å². The first kappa shape index (κ1) is 16.8. The second-order valence-corrected chi connectivity index (χ2v) is 5.94. The monoisotopic (exact) mass is 340 g/mol. The summed E-state index contributed by atoms with van der Waals surface area (Å²) in [6, 6.07) is 11.3. The van der Waals surface area contributed by atoms with E-state index in [0.29, 0.717) is 17.5 Å². The van der Waals surface area contributed by atoms with Crippen LogP contribution in [0.5, 0.6) is 0 Å². The molecule has 25 heavy (non-hydrogen) atoms. The lowest BCUT2D eigenvalue weighted by Crippen LogP contribution is -2.04. The largest absolute Gasteiger partial charge is 0.335 e. The minimum absolute atomic E-state index is 0.238. The zero-order valence-electron chi connectivity index (χ0n) is 14.2. The zero-order chi connectivity index (χ0) is 18.0. The van der Waals surface area contributed by atoms with Crippen LogP contribution in [0.15, 0.2) is 42.5 Å². The van der Waals surface area contributed by atoms with Gasteiger partial charge in [0.05, 0.1) is 0 Å². The topological polar surface area (TPSA) is 49.8 Å². The van der Waals surface area contributed by atoms with E-state index in [0.717, 1.165) is 16.8 Å². The van der Waals surface area contributed by atoms with E-state index in [1.807, 2.05) is 26.0 Å². The molecule has 3 rings (SSSR count). The van der Waals surface area contributed by atoms with Crippen molar-refractivity contribution in [3.05, 3.63) is 70.9 Å². The van der Waals surface area contributed by atoms with Crippen molar-refractivity contribution in [1.82, 2.24) is 9.97 Å². The van der Waals surface area contributed by atoms with Crippen LogP contribution in [0.3, 0.4) is 0 Å². The number of hydrogen-bond donors (Lipinski definition) is 2. The molecule has 0 aliphatic carbocycles. The quantitative estimate of drug-likeness (QED) is 0.688. The Morgan fingerprint density at radius 2 is 1.44 bits per heavy atom. The van der Waals surface area contributed by atoms with E-state index < -0.39 is 11.6 Å². The molecule has 2 N–H and O–H groups in total. The van der Waals surface area contributed by atoms with Gasteiger partial charge in [-0.25, -0.2) is 13.8 Å². The number of para-hydroxylation sites is 1. The van der Waals surface area contributed by atoms with Crippen molar-refractivity contribution in [2.45, 2.75) is 20.8 Å². The number of aryl methyl sites for hydroxylation is 3. The van der Waals surface area contributed by atoms with E-state index in [4.69, 9.17) is 0 Å². The molecule has 0 saturated heterocycles. The highest BCUT2D eigenvalue weighted by Crippen LogP contribution is 2.24. The number of nitrogens with one attached hydrogen (secondary N) is 2. The van der Waals surface area contributed by atoms with Crippen LogP contribution in [0.1, 0.15) is 16.8 Å². The van der Waals surface area contributed by atoms with Crippen LogP contribution in [0.2, 0.25) is 0 Å². The van der Waals surface area contributed by atoms with Crippen LogP contribution in [0.25, 0.3) is 0 Å². The third-order valence-corrected chi connectivity index (χ3v) is 3.55. The number of nitrogens with zero attached hydrogens (tertiary/aromatic N) is 2. The normalized spacial score (nSPS) is 10.6. The minimum atomic E-state index is -0.680. The molecule has 0 unspecified atom stereocenters. The molecular weight excluding hydrogens is 322 g/mol. The van der Waals surface area contributed by atoms with Gasteiger partial charge in [0.2, 0.25) is 5.95 Å². The highest BCUT2D eigenvalue weighted by Gasteiger charge is 2.11. The van der Waals surface area contributed by atoms with E-state index in [1.165, 1.54) is 18.2 Å². The van der Waals surface area contributed by atoms with Gasteiger partial charge >= 0.3 is 0 Å². The van der Waals surface area contributed by atoms with Gasteiger partial charge in [0.15, 0.2) is 0 Å². The first-order chi connectivity index (χ1) is 11.9. The Labute approximate surface area is 145 Å². The molecule has 6 heteroatoms. The number of rotatable bonds is 4. The third kappa shape index (κ3) is 4.09. The molecule has 0 saturated carbocycles. The Morgan fingerprint density at radius 3 is 2.08 bits per heavy atom. The molecule has 0 spiro atoms. The van der Waals surface area contributed by atoms with Crippen LogP contribution >= 0.6 is 0 Å². The van der Waals surface area contributed by atoms with Crippen LogP contribution < -0.4 is 10.6 Å². The number of hydrogen-bond acceptors (Lipinski definition) is 4. The van der Waals surface area contributed by atoms with Crippen molar-refractivity contribution < 1.29 is 8.78 Å². The lowest BCUT2D eigenvalue weighted by atomic mass is 10.1. The minimum Gasteiger partial charge on any atom is -0.335 e. The summed E-state index contributed by atoms with van der Waals surface area (Å²) in [7, 11) is 0. The molecule has 0 aliphatic rings. The molecule has 0 fully saturated rings. The predicted molar refractivity (Wildman–Crippen MR) is 95.6 cm³/mol. The summed E-state index contributed by atoms with van der Waals surface area (Å²) >= 11 is 0. The highest BCUT2D eigenvalue weighted by molar-refractivity contribution is 5.61. The van der Waals surface area contributed by atoms with Gasteiger partial charge in [0.1, 0.15) is 23.1 Å². The summed E-state index contributed by atoms with van der Waals surface area (Å²) in [5.74, 6) is -0.701. The summed E-state index contributed by atoms with van der Waals surface area (Å²) in [6.45, 7) is 5.80. The van der Waals surface area contributed by atoms with Crippen LogP contribution in [0.4, 0.5) is 31.9 Å². The molecule has 0 aliphatic heterocycles. The van der Waals surface area contributed by atoms with Crippen molar-refractivity contribution >= 4 is 23.1 Å². The van der Waals surface area contributed by atoms with Crippen LogP contribution in [0, 0.1) is 32.4 Å². The van der Waals surface area contributed by atoms with Gasteiger partial charge in [0, 0.05) is 17.4 Å². The molecule has 1 aromatic heterocycles. The molecule has 1 heterocycles. The maximum Gasteiger partial charge on any atom is 0.229 e.